The molecule has 0 spiro atoms. The number of hydrogen-bond acceptors (Lipinski definition) is 5. The molecule has 9 nitrogen and oxygen atoms in total. The van der Waals surface area contributed by atoms with Gasteiger partial charge >= 0.3 is 0 Å². The predicted molar refractivity (Wildman–Crippen MR) is 119 cm³/mol. The standard InChI is InChI=1S/C22H20ClN5O4/c1-15(29)25-9-11-26(12-10-25)22(30)21-14-20(18-7-2-3-8-19(18)23)24-27(21)16-5-4-6-17(13-16)28(31)32/h2-8,13-14H,9-12H2,1H3. The van der Waals surface area contributed by atoms with Gasteiger partial charge in [0.1, 0.15) is 5.69 Å². The summed E-state index contributed by atoms with van der Waals surface area (Å²) in [5, 5.41) is 16.3. The number of amides is 2. The van der Waals surface area contributed by atoms with Gasteiger partial charge in [-0.05, 0) is 18.2 Å². The van der Waals surface area contributed by atoms with E-state index in [0.29, 0.717) is 48.1 Å². The molecule has 10 heteroatoms. The second-order valence-corrected chi connectivity index (χ2v) is 7.79. The molecule has 1 aliphatic heterocycles. The van der Waals surface area contributed by atoms with Gasteiger partial charge in [-0.25, -0.2) is 4.68 Å². The minimum atomic E-state index is -0.496. The molecule has 2 amide bonds. The lowest BCUT2D eigenvalue weighted by molar-refractivity contribution is -0.384. The molecule has 1 aliphatic rings. The molecular weight excluding hydrogens is 434 g/mol. The summed E-state index contributed by atoms with van der Waals surface area (Å²) in [6, 6.07) is 14.7. The molecule has 32 heavy (non-hydrogen) atoms. The summed E-state index contributed by atoms with van der Waals surface area (Å²) in [5.41, 5.74) is 1.67. The molecule has 0 aliphatic carbocycles. The molecule has 4 rings (SSSR count). The Morgan fingerprint density at radius 3 is 2.34 bits per heavy atom. The quantitative estimate of drug-likeness (QED) is 0.445. The van der Waals surface area contributed by atoms with Gasteiger partial charge in [0.15, 0.2) is 0 Å². The van der Waals surface area contributed by atoms with Crippen LogP contribution in [0.4, 0.5) is 5.69 Å². The molecule has 0 bridgehead atoms. The number of nitro groups is 1. The van der Waals surface area contributed by atoms with E-state index in [0.717, 1.165) is 0 Å². The van der Waals surface area contributed by atoms with Gasteiger partial charge in [-0.1, -0.05) is 35.9 Å². The first kappa shape index (κ1) is 21.5. The number of rotatable bonds is 4. The molecular formula is C22H20ClN5O4. The fourth-order valence-corrected chi connectivity index (χ4v) is 3.89. The number of halogens is 1. The smallest absolute Gasteiger partial charge is 0.272 e. The molecule has 0 unspecified atom stereocenters. The number of nitrogens with zero attached hydrogens (tertiary/aromatic N) is 5. The van der Waals surface area contributed by atoms with E-state index in [4.69, 9.17) is 11.6 Å². The maximum Gasteiger partial charge on any atom is 0.272 e. The summed E-state index contributed by atoms with van der Waals surface area (Å²) in [4.78, 5) is 39.1. The second kappa shape index (κ2) is 8.80. The molecule has 1 aromatic heterocycles. The maximum atomic E-state index is 13.4. The van der Waals surface area contributed by atoms with Crippen molar-refractivity contribution in [2.24, 2.45) is 0 Å². The van der Waals surface area contributed by atoms with Crippen molar-refractivity contribution in [2.75, 3.05) is 26.2 Å². The van der Waals surface area contributed by atoms with E-state index >= 15 is 0 Å². The third-order valence-electron chi connectivity index (χ3n) is 5.38. The number of carbonyl (C=O) groups excluding carboxylic acids is 2. The van der Waals surface area contributed by atoms with Gasteiger partial charge in [0, 0.05) is 50.8 Å². The maximum absolute atomic E-state index is 13.4. The number of hydrogen-bond donors (Lipinski definition) is 0. The van der Waals surface area contributed by atoms with E-state index < -0.39 is 4.92 Å². The fourth-order valence-electron chi connectivity index (χ4n) is 3.66. The van der Waals surface area contributed by atoms with Crippen molar-refractivity contribution in [2.45, 2.75) is 6.92 Å². The van der Waals surface area contributed by atoms with Gasteiger partial charge in [0.05, 0.1) is 21.3 Å². The lowest BCUT2D eigenvalue weighted by atomic mass is 10.1. The topological polar surface area (TPSA) is 102 Å². The third-order valence-corrected chi connectivity index (χ3v) is 5.71. The summed E-state index contributed by atoms with van der Waals surface area (Å²) >= 11 is 6.34. The van der Waals surface area contributed by atoms with Crippen molar-refractivity contribution in [3.05, 3.63) is 75.4 Å². The zero-order chi connectivity index (χ0) is 22.8. The first-order chi connectivity index (χ1) is 15.3. The van der Waals surface area contributed by atoms with Gasteiger partial charge in [0.25, 0.3) is 11.6 Å². The van der Waals surface area contributed by atoms with Crippen molar-refractivity contribution >= 4 is 29.1 Å². The minimum absolute atomic E-state index is 0.0280. The summed E-state index contributed by atoms with van der Waals surface area (Å²) in [6.45, 7) is 3.18. The van der Waals surface area contributed by atoms with Gasteiger partial charge < -0.3 is 9.80 Å². The molecule has 0 N–H and O–H groups in total. The first-order valence-corrected chi connectivity index (χ1v) is 10.4. The van der Waals surface area contributed by atoms with E-state index in [9.17, 15) is 19.7 Å². The minimum Gasteiger partial charge on any atom is -0.339 e. The second-order valence-electron chi connectivity index (χ2n) is 7.38. The molecule has 164 valence electrons. The summed E-state index contributed by atoms with van der Waals surface area (Å²) < 4.78 is 1.41. The Morgan fingerprint density at radius 2 is 1.69 bits per heavy atom. The molecule has 0 radical (unpaired) electrons. The van der Waals surface area contributed by atoms with E-state index in [-0.39, 0.29) is 23.2 Å². The monoisotopic (exact) mass is 453 g/mol. The van der Waals surface area contributed by atoms with Crippen LogP contribution in [0.1, 0.15) is 17.4 Å². The number of aromatic nitrogens is 2. The zero-order valence-corrected chi connectivity index (χ0v) is 18.0. The largest absolute Gasteiger partial charge is 0.339 e. The summed E-state index contributed by atoms with van der Waals surface area (Å²) in [5.74, 6) is -0.301. The van der Waals surface area contributed by atoms with Crippen molar-refractivity contribution in [3.8, 4) is 16.9 Å². The Labute approximate surface area is 189 Å². The first-order valence-electron chi connectivity index (χ1n) is 9.99. The molecule has 3 aromatic rings. The lowest BCUT2D eigenvalue weighted by Gasteiger charge is -2.34. The third kappa shape index (κ3) is 4.19. The van der Waals surface area contributed by atoms with E-state index in [1.807, 2.05) is 6.07 Å². The SMILES string of the molecule is CC(=O)N1CCN(C(=O)c2cc(-c3ccccc3Cl)nn2-c2cccc([N+](=O)[O-])c2)CC1. The van der Waals surface area contributed by atoms with Gasteiger partial charge in [0.2, 0.25) is 5.91 Å². The highest BCUT2D eigenvalue weighted by atomic mass is 35.5. The predicted octanol–water partition coefficient (Wildman–Crippen LogP) is 3.41. The van der Waals surface area contributed by atoms with Gasteiger partial charge in [-0.3, -0.25) is 19.7 Å². The van der Waals surface area contributed by atoms with Crippen LogP contribution < -0.4 is 0 Å². The van der Waals surface area contributed by atoms with Crippen LogP contribution in [0.5, 0.6) is 0 Å². The average molecular weight is 454 g/mol. The number of carbonyl (C=O) groups is 2. The summed E-state index contributed by atoms with van der Waals surface area (Å²) in [6.07, 6.45) is 0. The Morgan fingerprint density at radius 1 is 1.00 bits per heavy atom. The van der Waals surface area contributed by atoms with Crippen molar-refractivity contribution in [1.29, 1.82) is 0 Å². The number of nitro benzene ring substituents is 1. The van der Waals surface area contributed by atoms with Crippen molar-refractivity contribution in [1.82, 2.24) is 19.6 Å². The Balaban J connectivity index is 1.76. The molecule has 2 heterocycles. The Hall–Kier alpha value is -3.72. The average Bonchev–Trinajstić information content (AvgIpc) is 3.24. The van der Waals surface area contributed by atoms with Crippen LogP contribution in [0.25, 0.3) is 16.9 Å². The van der Waals surface area contributed by atoms with Crippen LogP contribution in [0.3, 0.4) is 0 Å². The normalized spacial score (nSPS) is 13.8. The van der Waals surface area contributed by atoms with Crippen molar-refractivity contribution < 1.29 is 14.5 Å². The van der Waals surface area contributed by atoms with Crippen LogP contribution >= 0.6 is 11.6 Å². The molecule has 1 fully saturated rings. The van der Waals surface area contributed by atoms with E-state index in [2.05, 4.69) is 5.10 Å². The fraction of sp³-hybridized carbons (Fsp3) is 0.227. The highest BCUT2D eigenvalue weighted by Gasteiger charge is 2.27. The van der Waals surface area contributed by atoms with E-state index in [1.54, 1.807) is 46.2 Å². The molecule has 0 atom stereocenters. The van der Waals surface area contributed by atoms with Crippen LogP contribution in [-0.4, -0.2) is 62.5 Å². The van der Waals surface area contributed by atoms with Crippen LogP contribution in [0.15, 0.2) is 54.6 Å². The molecule has 0 saturated carbocycles. The number of piperazine rings is 1. The number of non-ortho nitro benzene ring substituents is 1. The highest BCUT2D eigenvalue weighted by Crippen LogP contribution is 2.29. The lowest BCUT2D eigenvalue weighted by Crippen LogP contribution is -2.50. The van der Waals surface area contributed by atoms with Gasteiger partial charge in [-0.2, -0.15) is 5.10 Å². The van der Waals surface area contributed by atoms with Crippen LogP contribution in [0.2, 0.25) is 5.02 Å². The van der Waals surface area contributed by atoms with Crippen LogP contribution in [0, 0.1) is 10.1 Å². The highest BCUT2D eigenvalue weighted by molar-refractivity contribution is 6.33. The zero-order valence-electron chi connectivity index (χ0n) is 17.3. The van der Waals surface area contributed by atoms with E-state index in [1.165, 1.54) is 23.7 Å². The van der Waals surface area contributed by atoms with Crippen LogP contribution in [-0.2, 0) is 4.79 Å². The number of benzene rings is 2. The Kier molecular flexibility index (Phi) is 5.91. The van der Waals surface area contributed by atoms with Gasteiger partial charge in [-0.15, -0.1) is 0 Å². The van der Waals surface area contributed by atoms with Crippen molar-refractivity contribution in [3.63, 3.8) is 0 Å². The molecule has 2 aromatic carbocycles. The Bertz CT molecular complexity index is 1200. The molecule has 1 saturated heterocycles. The summed E-state index contributed by atoms with van der Waals surface area (Å²) in [7, 11) is 0.